The first-order valence-corrected chi connectivity index (χ1v) is 9.59. The van der Waals surface area contributed by atoms with E-state index in [4.69, 9.17) is 10.5 Å². The Hall–Kier alpha value is -0.260. The van der Waals surface area contributed by atoms with Gasteiger partial charge in [0.25, 0.3) is 0 Å². The summed E-state index contributed by atoms with van der Waals surface area (Å²) < 4.78 is 5.76. The molecule has 2 heterocycles. The van der Waals surface area contributed by atoms with Crippen LogP contribution in [-0.2, 0) is 9.53 Å². The van der Waals surface area contributed by atoms with Crippen LogP contribution in [0.25, 0.3) is 0 Å². The maximum atomic E-state index is 12.9. The number of hydrogen-bond donors (Lipinski definition) is 1. The third kappa shape index (κ3) is 3.93. The van der Waals surface area contributed by atoms with Crippen molar-refractivity contribution in [3.63, 3.8) is 0 Å². The molecule has 0 spiro atoms. The Morgan fingerprint density at radius 3 is 2.71 bits per heavy atom. The molecule has 2 saturated heterocycles. The molecule has 3 aliphatic rings. The summed E-state index contributed by atoms with van der Waals surface area (Å²) in [5, 5.41) is 0. The molecule has 21 heavy (non-hydrogen) atoms. The molecule has 2 unspecified atom stereocenters. The predicted molar refractivity (Wildman–Crippen MR) is 86.4 cm³/mol. The Kier molecular flexibility index (Phi) is 5.12. The molecule has 2 atom stereocenters. The van der Waals surface area contributed by atoms with E-state index in [-0.39, 0.29) is 17.6 Å². The van der Waals surface area contributed by atoms with Gasteiger partial charge in [0.05, 0.1) is 6.10 Å². The summed E-state index contributed by atoms with van der Waals surface area (Å²) in [5.74, 6) is 2.52. The molecule has 0 bridgehead atoms. The van der Waals surface area contributed by atoms with Crippen molar-refractivity contribution in [2.24, 2.45) is 5.73 Å². The van der Waals surface area contributed by atoms with Crippen molar-refractivity contribution < 1.29 is 9.53 Å². The van der Waals surface area contributed by atoms with E-state index in [2.05, 4.69) is 4.90 Å². The lowest BCUT2D eigenvalue weighted by Crippen LogP contribution is -2.49. The smallest absolute Gasteiger partial charge is 0.224 e. The number of thioether (sulfide) groups is 1. The highest BCUT2D eigenvalue weighted by Gasteiger charge is 2.36. The van der Waals surface area contributed by atoms with Crippen molar-refractivity contribution >= 4 is 17.7 Å². The molecule has 0 aromatic carbocycles. The van der Waals surface area contributed by atoms with Crippen LogP contribution < -0.4 is 5.73 Å². The SMILES string of the molecule is NC1(CC(=O)N(CC2CCCO2)C2CCSC2)CCCC1. The van der Waals surface area contributed by atoms with Crippen LogP contribution in [0.4, 0.5) is 0 Å². The molecular weight excluding hydrogens is 284 g/mol. The van der Waals surface area contributed by atoms with Crippen molar-refractivity contribution in [1.82, 2.24) is 4.90 Å². The van der Waals surface area contributed by atoms with Gasteiger partial charge in [0, 0.05) is 36.9 Å². The van der Waals surface area contributed by atoms with E-state index in [1.807, 2.05) is 11.8 Å². The summed E-state index contributed by atoms with van der Waals surface area (Å²) in [6.07, 6.45) is 8.49. The number of rotatable bonds is 5. The average molecular weight is 312 g/mol. The Bertz CT molecular complexity index is 359. The van der Waals surface area contributed by atoms with Gasteiger partial charge in [0.2, 0.25) is 5.91 Å². The zero-order valence-corrected chi connectivity index (χ0v) is 13.7. The van der Waals surface area contributed by atoms with Crippen LogP contribution >= 0.6 is 11.8 Å². The molecule has 2 N–H and O–H groups in total. The number of carbonyl (C=O) groups is 1. The summed E-state index contributed by atoms with van der Waals surface area (Å²) >= 11 is 1.96. The third-order valence-electron chi connectivity index (χ3n) is 5.19. The summed E-state index contributed by atoms with van der Waals surface area (Å²) in [7, 11) is 0. The molecule has 4 nitrogen and oxygen atoms in total. The topological polar surface area (TPSA) is 55.6 Å². The minimum atomic E-state index is -0.238. The molecule has 1 amide bonds. The first kappa shape index (κ1) is 15.6. The van der Waals surface area contributed by atoms with Gasteiger partial charge in [-0.15, -0.1) is 0 Å². The molecule has 2 aliphatic heterocycles. The van der Waals surface area contributed by atoms with E-state index in [0.717, 1.165) is 51.0 Å². The van der Waals surface area contributed by atoms with Crippen molar-refractivity contribution in [3.05, 3.63) is 0 Å². The summed E-state index contributed by atoms with van der Waals surface area (Å²) in [4.78, 5) is 15.0. The van der Waals surface area contributed by atoms with Gasteiger partial charge in [0.15, 0.2) is 0 Å². The molecule has 0 radical (unpaired) electrons. The van der Waals surface area contributed by atoms with E-state index < -0.39 is 0 Å². The van der Waals surface area contributed by atoms with E-state index in [1.54, 1.807) is 0 Å². The van der Waals surface area contributed by atoms with Crippen LogP contribution in [0.2, 0.25) is 0 Å². The first-order chi connectivity index (χ1) is 10.2. The van der Waals surface area contributed by atoms with Gasteiger partial charge in [0.1, 0.15) is 0 Å². The van der Waals surface area contributed by atoms with Crippen LogP contribution in [-0.4, -0.2) is 53.1 Å². The fraction of sp³-hybridized carbons (Fsp3) is 0.938. The van der Waals surface area contributed by atoms with E-state index in [1.165, 1.54) is 18.6 Å². The molecule has 1 aliphatic carbocycles. The monoisotopic (exact) mass is 312 g/mol. The van der Waals surface area contributed by atoms with Gasteiger partial charge >= 0.3 is 0 Å². The van der Waals surface area contributed by atoms with Gasteiger partial charge in [-0.2, -0.15) is 11.8 Å². The van der Waals surface area contributed by atoms with Crippen molar-refractivity contribution in [3.8, 4) is 0 Å². The number of amides is 1. The molecule has 3 rings (SSSR count). The number of ether oxygens (including phenoxy) is 1. The fourth-order valence-electron chi connectivity index (χ4n) is 3.89. The van der Waals surface area contributed by atoms with E-state index >= 15 is 0 Å². The Balaban J connectivity index is 1.63. The summed E-state index contributed by atoms with van der Waals surface area (Å²) in [5.41, 5.74) is 6.18. The molecule has 3 fully saturated rings. The Morgan fingerprint density at radius 1 is 1.29 bits per heavy atom. The van der Waals surface area contributed by atoms with Gasteiger partial charge in [-0.05, 0) is 37.9 Å². The quantitative estimate of drug-likeness (QED) is 0.845. The number of nitrogens with two attached hydrogens (primary N) is 1. The lowest BCUT2D eigenvalue weighted by Gasteiger charge is -2.34. The van der Waals surface area contributed by atoms with E-state index in [0.29, 0.717) is 12.5 Å². The normalized spacial score (nSPS) is 31.7. The summed E-state index contributed by atoms with van der Waals surface area (Å²) in [6.45, 7) is 1.63. The number of nitrogens with zero attached hydrogens (tertiary/aromatic N) is 1. The van der Waals surface area contributed by atoms with Crippen molar-refractivity contribution in [1.29, 1.82) is 0 Å². The van der Waals surface area contributed by atoms with Crippen LogP contribution in [0.15, 0.2) is 0 Å². The lowest BCUT2D eigenvalue weighted by molar-refractivity contribution is -0.136. The van der Waals surface area contributed by atoms with Crippen LogP contribution in [0, 0.1) is 0 Å². The highest BCUT2D eigenvalue weighted by atomic mass is 32.2. The molecular formula is C16H28N2O2S. The minimum Gasteiger partial charge on any atom is -0.376 e. The largest absolute Gasteiger partial charge is 0.376 e. The fourth-order valence-corrected chi connectivity index (χ4v) is 5.11. The van der Waals surface area contributed by atoms with E-state index in [9.17, 15) is 4.79 Å². The van der Waals surface area contributed by atoms with Crippen LogP contribution in [0.5, 0.6) is 0 Å². The second-order valence-electron chi connectivity index (χ2n) is 6.94. The average Bonchev–Trinajstić information content (AvgIpc) is 3.18. The van der Waals surface area contributed by atoms with Crippen molar-refractivity contribution in [2.45, 2.75) is 69.1 Å². The van der Waals surface area contributed by atoms with Gasteiger partial charge < -0.3 is 15.4 Å². The van der Waals surface area contributed by atoms with Gasteiger partial charge in [-0.1, -0.05) is 12.8 Å². The van der Waals surface area contributed by atoms with Gasteiger partial charge in [-0.3, -0.25) is 4.79 Å². The first-order valence-electron chi connectivity index (χ1n) is 8.44. The predicted octanol–water partition coefficient (Wildman–Crippen LogP) is 2.16. The maximum Gasteiger partial charge on any atom is 0.224 e. The number of hydrogen-bond acceptors (Lipinski definition) is 4. The maximum absolute atomic E-state index is 12.9. The molecule has 5 heteroatoms. The Labute approximate surface area is 132 Å². The zero-order chi connectivity index (χ0) is 14.7. The minimum absolute atomic E-state index is 0.238. The summed E-state index contributed by atoms with van der Waals surface area (Å²) in [6, 6.07) is 0.400. The molecule has 0 aromatic heterocycles. The van der Waals surface area contributed by atoms with Crippen LogP contribution in [0.3, 0.4) is 0 Å². The Morgan fingerprint density at radius 2 is 2.10 bits per heavy atom. The van der Waals surface area contributed by atoms with Crippen molar-refractivity contribution in [2.75, 3.05) is 24.7 Å². The molecule has 120 valence electrons. The second kappa shape index (κ2) is 6.88. The van der Waals surface area contributed by atoms with Gasteiger partial charge in [-0.25, -0.2) is 0 Å². The standard InChI is InChI=1S/C16H28N2O2S/c17-16(6-1-2-7-16)10-15(19)18(13-5-9-21-12-13)11-14-4-3-8-20-14/h13-14H,1-12,17H2. The second-order valence-corrected chi connectivity index (χ2v) is 8.09. The lowest BCUT2D eigenvalue weighted by atomic mass is 9.93. The zero-order valence-electron chi connectivity index (χ0n) is 12.9. The highest BCUT2D eigenvalue weighted by molar-refractivity contribution is 7.99. The molecule has 0 aromatic rings. The molecule has 1 saturated carbocycles. The number of carbonyl (C=O) groups excluding carboxylic acids is 1. The highest BCUT2D eigenvalue weighted by Crippen LogP contribution is 2.32. The third-order valence-corrected chi connectivity index (χ3v) is 6.34. The van der Waals surface area contributed by atoms with Crippen LogP contribution in [0.1, 0.15) is 51.4 Å².